The minimum Gasteiger partial charge on any atom is -0.478 e. The molecule has 124 valence electrons. The topological polar surface area (TPSA) is 62.5 Å². The normalized spacial score (nSPS) is 23.1. The summed E-state index contributed by atoms with van der Waals surface area (Å²) in [5, 5.41) is 19.8. The van der Waals surface area contributed by atoms with E-state index in [2.05, 4.69) is 6.92 Å². The highest BCUT2D eigenvalue weighted by Gasteiger charge is 2.29. The molecule has 1 aromatic heterocycles. The largest absolute Gasteiger partial charge is 0.478 e. The fourth-order valence-corrected chi connectivity index (χ4v) is 4.00. The Morgan fingerprint density at radius 1 is 1.30 bits per heavy atom. The molecule has 0 amide bonds. The summed E-state index contributed by atoms with van der Waals surface area (Å²) in [6.07, 6.45) is 3.12. The molecule has 1 heterocycles. The van der Waals surface area contributed by atoms with Crippen LogP contribution in [0.5, 0.6) is 0 Å². The number of hydrogen-bond acceptors (Lipinski definition) is 2. The zero-order valence-corrected chi connectivity index (χ0v) is 13.4. The van der Waals surface area contributed by atoms with E-state index in [0.717, 1.165) is 25.7 Å². The van der Waals surface area contributed by atoms with Crippen LogP contribution in [0, 0.1) is 18.7 Å². The Balaban J connectivity index is 2.10. The number of hydrogen-bond donors (Lipinski definition) is 2. The van der Waals surface area contributed by atoms with Crippen molar-refractivity contribution < 1.29 is 19.4 Å². The standard InChI is InChI=1S/C18H22FNO3/c1-10(12-3-6-14(21)7-4-12)20-11(2)17(18(22)23)15-8-5-13(19)9-16(15)20/h5,8-10,12,14,21H,3-4,6-7H2,1-2H3,(H,22,23). The molecule has 1 aromatic carbocycles. The number of rotatable bonds is 3. The second kappa shape index (κ2) is 5.96. The molecule has 23 heavy (non-hydrogen) atoms. The molecule has 1 saturated carbocycles. The van der Waals surface area contributed by atoms with Gasteiger partial charge >= 0.3 is 5.97 Å². The third-order valence-electron chi connectivity index (χ3n) is 5.26. The number of fused-ring (bicyclic) bond motifs is 1. The van der Waals surface area contributed by atoms with Crippen molar-refractivity contribution in [3.63, 3.8) is 0 Å². The van der Waals surface area contributed by atoms with Crippen molar-refractivity contribution in [1.82, 2.24) is 4.57 Å². The summed E-state index contributed by atoms with van der Waals surface area (Å²) < 4.78 is 15.7. The Labute approximate surface area is 134 Å². The van der Waals surface area contributed by atoms with Crippen molar-refractivity contribution >= 4 is 16.9 Å². The quantitative estimate of drug-likeness (QED) is 0.902. The molecular weight excluding hydrogens is 297 g/mol. The predicted molar refractivity (Wildman–Crippen MR) is 86.3 cm³/mol. The van der Waals surface area contributed by atoms with Gasteiger partial charge in [-0.2, -0.15) is 0 Å². The predicted octanol–water partition coefficient (Wildman–Crippen LogP) is 3.90. The first-order valence-corrected chi connectivity index (χ1v) is 8.11. The van der Waals surface area contributed by atoms with Gasteiger partial charge in [-0.25, -0.2) is 9.18 Å². The Kier molecular flexibility index (Phi) is 4.15. The van der Waals surface area contributed by atoms with Gasteiger partial charge in [0.15, 0.2) is 0 Å². The van der Waals surface area contributed by atoms with Gasteiger partial charge < -0.3 is 14.8 Å². The molecular formula is C18H22FNO3. The van der Waals surface area contributed by atoms with E-state index < -0.39 is 5.97 Å². The summed E-state index contributed by atoms with van der Waals surface area (Å²) in [6, 6.07) is 4.35. The monoisotopic (exact) mass is 319 g/mol. The summed E-state index contributed by atoms with van der Waals surface area (Å²) in [5.74, 6) is -0.985. The third-order valence-corrected chi connectivity index (χ3v) is 5.26. The molecule has 0 aliphatic heterocycles. The van der Waals surface area contributed by atoms with Crippen LogP contribution in [0.3, 0.4) is 0 Å². The molecule has 0 bridgehead atoms. The zero-order chi connectivity index (χ0) is 16.7. The lowest BCUT2D eigenvalue weighted by molar-refractivity contribution is 0.0697. The number of aromatic carboxylic acids is 1. The van der Waals surface area contributed by atoms with Crippen molar-refractivity contribution in [3.05, 3.63) is 35.3 Å². The number of aliphatic hydroxyl groups is 1. The summed E-state index contributed by atoms with van der Waals surface area (Å²) in [7, 11) is 0. The van der Waals surface area contributed by atoms with E-state index in [9.17, 15) is 19.4 Å². The molecule has 0 saturated heterocycles. The average Bonchev–Trinajstić information content (AvgIpc) is 2.78. The summed E-state index contributed by atoms with van der Waals surface area (Å²) in [4.78, 5) is 11.6. The molecule has 0 radical (unpaired) electrons. The van der Waals surface area contributed by atoms with Crippen LogP contribution < -0.4 is 0 Å². The van der Waals surface area contributed by atoms with Crippen molar-refractivity contribution in [1.29, 1.82) is 0 Å². The molecule has 1 aliphatic rings. The van der Waals surface area contributed by atoms with E-state index >= 15 is 0 Å². The highest BCUT2D eigenvalue weighted by molar-refractivity contribution is 6.05. The third kappa shape index (κ3) is 2.74. The molecule has 4 nitrogen and oxygen atoms in total. The molecule has 1 fully saturated rings. The van der Waals surface area contributed by atoms with Gasteiger partial charge in [0.2, 0.25) is 0 Å². The van der Waals surface area contributed by atoms with Crippen LogP contribution in [0.15, 0.2) is 18.2 Å². The van der Waals surface area contributed by atoms with E-state index in [1.54, 1.807) is 13.0 Å². The Hall–Kier alpha value is -1.88. The number of carbonyl (C=O) groups is 1. The maximum atomic E-state index is 13.7. The molecule has 3 rings (SSSR count). The first-order valence-electron chi connectivity index (χ1n) is 8.11. The Morgan fingerprint density at radius 3 is 2.57 bits per heavy atom. The maximum absolute atomic E-state index is 13.7. The van der Waals surface area contributed by atoms with Crippen LogP contribution in [-0.2, 0) is 0 Å². The highest BCUT2D eigenvalue weighted by atomic mass is 19.1. The van der Waals surface area contributed by atoms with Crippen molar-refractivity contribution in [2.45, 2.75) is 51.7 Å². The lowest BCUT2D eigenvalue weighted by Gasteiger charge is -2.32. The lowest BCUT2D eigenvalue weighted by atomic mass is 9.83. The second-order valence-corrected chi connectivity index (χ2v) is 6.61. The summed E-state index contributed by atoms with van der Waals surface area (Å²) >= 11 is 0. The van der Waals surface area contributed by atoms with E-state index in [4.69, 9.17) is 0 Å². The van der Waals surface area contributed by atoms with Crippen molar-refractivity contribution in [2.24, 2.45) is 5.92 Å². The molecule has 1 atom stereocenters. The Bertz CT molecular complexity index is 744. The fourth-order valence-electron chi connectivity index (χ4n) is 4.00. The van der Waals surface area contributed by atoms with E-state index in [-0.39, 0.29) is 23.5 Å². The molecule has 1 aliphatic carbocycles. The summed E-state index contributed by atoms with van der Waals surface area (Å²) in [5.41, 5.74) is 1.55. The second-order valence-electron chi connectivity index (χ2n) is 6.61. The van der Waals surface area contributed by atoms with E-state index in [1.165, 1.54) is 12.1 Å². The SMILES string of the molecule is Cc1c(C(=O)O)c2ccc(F)cc2n1C(C)C1CCC(O)CC1. The number of aliphatic hydroxyl groups excluding tert-OH is 1. The Morgan fingerprint density at radius 2 is 1.96 bits per heavy atom. The first-order chi connectivity index (χ1) is 10.9. The minimum atomic E-state index is -0.982. The molecule has 1 unspecified atom stereocenters. The number of carboxylic acid groups (broad SMARTS) is 1. The van der Waals surface area contributed by atoms with E-state index in [1.807, 2.05) is 4.57 Å². The van der Waals surface area contributed by atoms with Crippen molar-refractivity contribution in [3.8, 4) is 0 Å². The highest BCUT2D eigenvalue weighted by Crippen LogP contribution is 2.38. The average molecular weight is 319 g/mol. The van der Waals surface area contributed by atoms with Crippen LogP contribution in [0.2, 0.25) is 0 Å². The minimum absolute atomic E-state index is 0.0694. The zero-order valence-electron chi connectivity index (χ0n) is 13.4. The van der Waals surface area contributed by atoms with Crippen LogP contribution in [0.1, 0.15) is 54.7 Å². The smallest absolute Gasteiger partial charge is 0.338 e. The van der Waals surface area contributed by atoms with Gasteiger partial charge in [0, 0.05) is 17.1 Å². The van der Waals surface area contributed by atoms with Crippen LogP contribution in [-0.4, -0.2) is 26.9 Å². The number of aromatic nitrogens is 1. The molecule has 5 heteroatoms. The maximum Gasteiger partial charge on any atom is 0.338 e. The van der Waals surface area contributed by atoms with Crippen LogP contribution >= 0.6 is 0 Å². The molecule has 2 N–H and O–H groups in total. The van der Waals surface area contributed by atoms with Gasteiger partial charge in [0.1, 0.15) is 5.82 Å². The summed E-state index contributed by atoms with van der Waals surface area (Å²) in [6.45, 7) is 3.85. The van der Waals surface area contributed by atoms with Gasteiger partial charge in [0.05, 0.1) is 17.2 Å². The van der Waals surface area contributed by atoms with Gasteiger partial charge in [-0.3, -0.25) is 0 Å². The molecule has 2 aromatic rings. The van der Waals surface area contributed by atoms with Gasteiger partial charge in [0.25, 0.3) is 0 Å². The number of nitrogens with zero attached hydrogens (tertiary/aromatic N) is 1. The molecule has 0 spiro atoms. The number of benzene rings is 1. The van der Waals surface area contributed by atoms with E-state index in [0.29, 0.717) is 22.5 Å². The number of halogens is 1. The van der Waals surface area contributed by atoms with Gasteiger partial charge in [-0.1, -0.05) is 0 Å². The number of carboxylic acids is 1. The van der Waals surface area contributed by atoms with Crippen LogP contribution in [0.25, 0.3) is 10.9 Å². The van der Waals surface area contributed by atoms with Gasteiger partial charge in [-0.05, 0) is 63.6 Å². The van der Waals surface area contributed by atoms with Crippen LogP contribution in [0.4, 0.5) is 4.39 Å². The lowest BCUT2D eigenvalue weighted by Crippen LogP contribution is -2.25. The fraction of sp³-hybridized carbons (Fsp3) is 0.500. The van der Waals surface area contributed by atoms with Gasteiger partial charge in [-0.15, -0.1) is 0 Å². The first kappa shape index (κ1) is 16.0. The van der Waals surface area contributed by atoms with Crippen molar-refractivity contribution in [2.75, 3.05) is 0 Å².